The number of nitrogens with two attached hydrogens (primary N) is 1. The number of aromatic nitrogens is 2. The van der Waals surface area contributed by atoms with E-state index in [0.29, 0.717) is 13.2 Å². The topological polar surface area (TPSA) is 127 Å². The van der Waals surface area contributed by atoms with Crippen molar-refractivity contribution in [3.63, 3.8) is 0 Å². The number of hydrogen-bond donors (Lipinski definition) is 3. The van der Waals surface area contributed by atoms with Gasteiger partial charge in [0.1, 0.15) is 4.90 Å². The van der Waals surface area contributed by atoms with Gasteiger partial charge in [0.05, 0.1) is 11.3 Å². The third kappa shape index (κ3) is 3.00. The van der Waals surface area contributed by atoms with Crippen molar-refractivity contribution in [2.45, 2.75) is 37.2 Å². The molecule has 0 aromatic carbocycles. The molecule has 112 valence electrons. The summed E-state index contributed by atoms with van der Waals surface area (Å²) in [4.78, 5) is 11.8. The lowest BCUT2D eigenvalue weighted by atomic mass is 10.0. The van der Waals surface area contributed by atoms with Crippen LogP contribution in [0.15, 0.2) is 4.90 Å². The van der Waals surface area contributed by atoms with E-state index < -0.39 is 21.5 Å². The minimum absolute atomic E-state index is 0.216. The van der Waals surface area contributed by atoms with E-state index in [1.165, 1.54) is 6.92 Å². The molecule has 4 N–H and O–H groups in total. The van der Waals surface area contributed by atoms with Crippen LogP contribution in [0.25, 0.3) is 0 Å². The van der Waals surface area contributed by atoms with Crippen LogP contribution in [-0.4, -0.2) is 43.3 Å². The molecule has 0 radical (unpaired) electrons. The van der Waals surface area contributed by atoms with Crippen molar-refractivity contribution in [3.8, 4) is 0 Å². The van der Waals surface area contributed by atoms with E-state index in [0.717, 1.165) is 12.8 Å². The second-order valence-electron chi connectivity index (χ2n) is 5.16. The fourth-order valence-electron chi connectivity index (χ4n) is 2.25. The molecule has 1 aromatic heterocycles. The first kappa shape index (κ1) is 14.9. The van der Waals surface area contributed by atoms with Gasteiger partial charge in [-0.05, 0) is 26.7 Å². The fourth-order valence-corrected chi connectivity index (χ4v) is 3.13. The summed E-state index contributed by atoms with van der Waals surface area (Å²) in [6.07, 6.45) is 1.78. The van der Waals surface area contributed by atoms with E-state index in [9.17, 15) is 13.2 Å². The zero-order valence-electron chi connectivity index (χ0n) is 11.4. The Morgan fingerprint density at radius 3 is 2.85 bits per heavy atom. The maximum Gasteiger partial charge on any atom is 0.273 e. The maximum absolute atomic E-state index is 12.1. The Morgan fingerprint density at radius 2 is 2.30 bits per heavy atom. The number of primary sulfonamides is 1. The Kier molecular flexibility index (Phi) is 3.85. The summed E-state index contributed by atoms with van der Waals surface area (Å²) in [7, 11) is -4.00. The van der Waals surface area contributed by atoms with E-state index in [1.54, 1.807) is 0 Å². The summed E-state index contributed by atoms with van der Waals surface area (Å²) < 4.78 is 28.5. The van der Waals surface area contributed by atoms with Crippen LogP contribution in [0.2, 0.25) is 0 Å². The minimum Gasteiger partial charge on any atom is -0.373 e. The molecule has 0 saturated carbocycles. The minimum atomic E-state index is -4.00. The first-order chi connectivity index (χ1) is 9.23. The van der Waals surface area contributed by atoms with Gasteiger partial charge in [-0.3, -0.25) is 9.89 Å². The van der Waals surface area contributed by atoms with Gasteiger partial charge in [0.2, 0.25) is 10.0 Å². The summed E-state index contributed by atoms with van der Waals surface area (Å²) in [6, 6.07) is 0. The molecule has 9 heteroatoms. The lowest BCUT2D eigenvalue weighted by Crippen LogP contribution is -2.40. The average molecular weight is 302 g/mol. The van der Waals surface area contributed by atoms with Crippen molar-refractivity contribution in [1.82, 2.24) is 15.5 Å². The van der Waals surface area contributed by atoms with Gasteiger partial charge in [0.15, 0.2) is 5.69 Å². The standard InChI is InChI=1S/C11H18N4O4S/c1-7-9(20(12,17)18)8(15-14-7)10(16)13-6-11(2)4-3-5-19-11/h3-6H2,1-2H3,(H,13,16)(H,14,15)(H2,12,17,18). The zero-order chi connectivity index (χ0) is 15.0. The number of ether oxygens (including phenoxy) is 1. The molecular weight excluding hydrogens is 284 g/mol. The Balaban J connectivity index is 2.14. The molecule has 20 heavy (non-hydrogen) atoms. The molecular formula is C11H18N4O4S. The van der Waals surface area contributed by atoms with Crippen molar-refractivity contribution >= 4 is 15.9 Å². The van der Waals surface area contributed by atoms with Crippen LogP contribution in [0.1, 0.15) is 35.9 Å². The summed E-state index contributed by atoms with van der Waals surface area (Å²) >= 11 is 0. The quantitative estimate of drug-likeness (QED) is 0.701. The first-order valence-corrected chi connectivity index (χ1v) is 7.77. The fraction of sp³-hybridized carbons (Fsp3) is 0.636. The number of sulfonamides is 1. The Bertz CT molecular complexity index is 616. The highest BCUT2D eigenvalue weighted by Gasteiger charge is 2.32. The first-order valence-electron chi connectivity index (χ1n) is 6.23. The van der Waals surface area contributed by atoms with Gasteiger partial charge in [-0.1, -0.05) is 0 Å². The zero-order valence-corrected chi connectivity index (χ0v) is 12.2. The molecule has 1 aliphatic rings. The van der Waals surface area contributed by atoms with Gasteiger partial charge >= 0.3 is 0 Å². The molecule has 1 aliphatic heterocycles. The highest BCUT2D eigenvalue weighted by Crippen LogP contribution is 2.24. The normalized spacial score (nSPS) is 22.9. The summed E-state index contributed by atoms with van der Waals surface area (Å²) in [6.45, 7) is 4.35. The van der Waals surface area contributed by atoms with E-state index >= 15 is 0 Å². The molecule has 0 aliphatic carbocycles. The number of H-pyrrole nitrogens is 1. The van der Waals surface area contributed by atoms with Gasteiger partial charge < -0.3 is 10.1 Å². The van der Waals surface area contributed by atoms with Crippen molar-refractivity contribution in [3.05, 3.63) is 11.4 Å². The molecule has 2 heterocycles. The largest absolute Gasteiger partial charge is 0.373 e. The van der Waals surface area contributed by atoms with E-state index in [1.807, 2.05) is 6.92 Å². The second kappa shape index (κ2) is 5.15. The molecule has 1 fully saturated rings. The SMILES string of the molecule is Cc1[nH]nc(C(=O)NCC2(C)CCCO2)c1S(N)(=O)=O. The van der Waals surface area contributed by atoms with Gasteiger partial charge in [0.25, 0.3) is 5.91 Å². The van der Waals surface area contributed by atoms with Crippen LogP contribution >= 0.6 is 0 Å². The lowest BCUT2D eigenvalue weighted by molar-refractivity contribution is 0.0205. The maximum atomic E-state index is 12.1. The summed E-state index contributed by atoms with van der Waals surface area (Å²) in [5.41, 5.74) is -0.393. The van der Waals surface area contributed by atoms with E-state index in [2.05, 4.69) is 15.5 Å². The number of aryl methyl sites for hydroxylation is 1. The Labute approximate surface area is 117 Å². The number of amides is 1. The predicted octanol–water partition coefficient (Wildman–Crippen LogP) is -0.336. The van der Waals surface area contributed by atoms with Gasteiger partial charge in [-0.2, -0.15) is 5.10 Å². The third-order valence-corrected chi connectivity index (χ3v) is 4.38. The van der Waals surface area contributed by atoms with E-state index in [4.69, 9.17) is 9.88 Å². The number of hydrogen-bond acceptors (Lipinski definition) is 5. The third-order valence-electron chi connectivity index (χ3n) is 3.31. The second-order valence-corrected chi connectivity index (χ2v) is 6.65. The molecule has 0 bridgehead atoms. The van der Waals surface area contributed by atoms with Gasteiger partial charge in [0, 0.05) is 13.2 Å². The van der Waals surface area contributed by atoms with Crippen molar-refractivity contribution in [2.75, 3.05) is 13.2 Å². The number of carbonyl (C=O) groups is 1. The van der Waals surface area contributed by atoms with Crippen LogP contribution < -0.4 is 10.5 Å². The Hall–Kier alpha value is -1.45. The smallest absolute Gasteiger partial charge is 0.273 e. The molecule has 8 nitrogen and oxygen atoms in total. The number of carbonyl (C=O) groups excluding carboxylic acids is 1. The van der Waals surface area contributed by atoms with Crippen LogP contribution in [0, 0.1) is 6.92 Å². The van der Waals surface area contributed by atoms with Crippen molar-refractivity contribution in [1.29, 1.82) is 0 Å². The number of aromatic amines is 1. The molecule has 2 rings (SSSR count). The number of nitrogens with one attached hydrogen (secondary N) is 2. The summed E-state index contributed by atoms with van der Waals surface area (Å²) in [5.74, 6) is -0.588. The van der Waals surface area contributed by atoms with Crippen molar-refractivity contribution in [2.24, 2.45) is 5.14 Å². The average Bonchev–Trinajstić information content (AvgIpc) is 2.92. The Morgan fingerprint density at radius 1 is 1.60 bits per heavy atom. The molecule has 1 amide bonds. The van der Waals surface area contributed by atoms with Crippen LogP contribution in [0.4, 0.5) is 0 Å². The highest BCUT2D eigenvalue weighted by molar-refractivity contribution is 7.89. The number of rotatable bonds is 4. The number of nitrogens with zero attached hydrogens (tertiary/aromatic N) is 1. The van der Waals surface area contributed by atoms with E-state index in [-0.39, 0.29) is 16.3 Å². The molecule has 0 spiro atoms. The highest BCUT2D eigenvalue weighted by atomic mass is 32.2. The monoisotopic (exact) mass is 302 g/mol. The van der Waals surface area contributed by atoms with Crippen LogP contribution in [0.3, 0.4) is 0 Å². The molecule has 1 saturated heterocycles. The molecule has 1 aromatic rings. The predicted molar refractivity (Wildman–Crippen MR) is 70.6 cm³/mol. The molecule has 1 atom stereocenters. The van der Waals surface area contributed by atoms with Gasteiger partial charge in [-0.15, -0.1) is 0 Å². The lowest BCUT2D eigenvalue weighted by Gasteiger charge is -2.23. The molecule has 1 unspecified atom stereocenters. The van der Waals surface area contributed by atoms with Crippen LogP contribution in [-0.2, 0) is 14.8 Å². The van der Waals surface area contributed by atoms with Crippen molar-refractivity contribution < 1.29 is 17.9 Å². The van der Waals surface area contributed by atoms with Gasteiger partial charge in [-0.25, -0.2) is 13.6 Å². The van der Waals surface area contributed by atoms with Crippen LogP contribution in [0.5, 0.6) is 0 Å². The summed E-state index contributed by atoms with van der Waals surface area (Å²) in [5, 5.41) is 13.9.